The monoisotopic (exact) mass is 416 g/mol. The molecule has 0 bridgehead atoms. The fourth-order valence-corrected chi connectivity index (χ4v) is 3.73. The highest BCUT2D eigenvalue weighted by Gasteiger charge is 2.24. The lowest BCUT2D eigenvalue weighted by atomic mass is 10.1. The lowest BCUT2D eigenvalue weighted by molar-refractivity contribution is 0.0506. The van der Waals surface area contributed by atoms with Crippen LogP contribution in [0.3, 0.4) is 0 Å². The van der Waals surface area contributed by atoms with Crippen LogP contribution in [0.4, 0.5) is 5.69 Å². The Balaban J connectivity index is 1.53. The van der Waals surface area contributed by atoms with Crippen molar-refractivity contribution in [1.82, 2.24) is 14.9 Å². The van der Waals surface area contributed by atoms with E-state index in [1.165, 1.54) is 0 Å². The summed E-state index contributed by atoms with van der Waals surface area (Å²) in [4.78, 5) is 26.1. The van der Waals surface area contributed by atoms with Gasteiger partial charge >= 0.3 is 0 Å². The third-order valence-electron chi connectivity index (χ3n) is 5.49. The van der Waals surface area contributed by atoms with E-state index in [9.17, 15) is 4.79 Å². The number of anilines is 1. The average molecular weight is 417 g/mol. The molecule has 160 valence electrons. The van der Waals surface area contributed by atoms with Crippen molar-refractivity contribution in [2.24, 2.45) is 0 Å². The molecule has 1 saturated heterocycles. The van der Waals surface area contributed by atoms with Crippen molar-refractivity contribution in [1.29, 1.82) is 0 Å². The molecule has 2 aromatic carbocycles. The molecule has 1 unspecified atom stereocenters. The molecule has 4 rings (SSSR count). The largest absolute Gasteiger partial charge is 0.378 e. The van der Waals surface area contributed by atoms with Crippen LogP contribution < -0.4 is 4.90 Å². The maximum absolute atomic E-state index is 13.3. The third kappa shape index (κ3) is 5.27. The number of carbonyl (C=O) groups is 1. The first-order chi connectivity index (χ1) is 15.1. The van der Waals surface area contributed by atoms with E-state index in [1.807, 2.05) is 49.3 Å². The molecular formula is C25H28N4O2. The molecule has 0 spiro atoms. The molecule has 1 atom stereocenters. The Labute approximate surface area is 183 Å². The first-order valence-corrected chi connectivity index (χ1v) is 10.6. The van der Waals surface area contributed by atoms with Gasteiger partial charge in [0.05, 0.1) is 11.7 Å². The van der Waals surface area contributed by atoms with Gasteiger partial charge in [-0.2, -0.15) is 0 Å². The first-order valence-electron chi connectivity index (χ1n) is 10.6. The SMILES string of the molecule is CN(C)c1ccc(CN(CC2CCCO2)C(=O)c2cnc(-c3ccccc3)nc2)cc1. The normalized spacial score (nSPS) is 15.6. The summed E-state index contributed by atoms with van der Waals surface area (Å²) in [6.45, 7) is 1.85. The number of hydrogen-bond acceptors (Lipinski definition) is 5. The van der Waals surface area contributed by atoms with E-state index in [0.717, 1.165) is 36.3 Å². The molecule has 0 aliphatic carbocycles. The van der Waals surface area contributed by atoms with E-state index in [-0.39, 0.29) is 12.0 Å². The lowest BCUT2D eigenvalue weighted by Gasteiger charge is -2.26. The standard InChI is InChI=1S/C25H28N4O2/c1-28(2)22-12-10-19(11-13-22)17-29(18-23-9-6-14-31-23)25(30)21-15-26-24(27-16-21)20-7-4-3-5-8-20/h3-5,7-8,10-13,15-16,23H,6,9,14,17-18H2,1-2H3. The highest BCUT2D eigenvalue weighted by Crippen LogP contribution is 2.20. The van der Waals surface area contributed by atoms with Crippen LogP contribution in [0.25, 0.3) is 11.4 Å². The van der Waals surface area contributed by atoms with Crippen LogP contribution in [0.1, 0.15) is 28.8 Å². The predicted molar refractivity (Wildman–Crippen MR) is 122 cm³/mol. The Hall–Kier alpha value is -3.25. The predicted octanol–water partition coefficient (Wildman–Crippen LogP) is 4.03. The van der Waals surface area contributed by atoms with Crippen LogP contribution in [0, 0.1) is 0 Å². The van der Waals surface area contributed by atoms with Crippen molar-refractivity contribution in [3.8, 4) is 11.4 Å². The summed E-state index contributed by atoms with van der Waals surface area (Å²) in [5, 5.41) is 0. The Morgan fingerprint density at radius 3 is 2.35 bits per heavy atom. The molecule has 0 saturated carbocycles. The summed E-state index contributed by atoms with van der Waals surface area (Å²) in [6, 6.07) is 18.0. The number of aromatic nitrogens is 2. The molecular weight excluding hydrogens is 388 g/mol. The number of carbonyl (C=O) groups excluding carboxylic acids is 1. The van der Waals surface area contributed by atoms with Crippen LogP contribution in [0.15, 0.2) is 67.0 Å². The summed E-state index contributed by atoms with van der Waals surface area (Å²) in [7, 11) is 4.03. The van der Waals surface area contributed by atoms with E-state index in [2.05, 4.69) is 39.1 Å². The number of rotatable bonds is 7. The number of nitrogens with zero attached hydrogens (tertiary/aromatic N) is 4. The van der Waals surface area contributed by atoms with Gasteiger partial charge in [0.1, 0.15) is 0 Å². The summed E-state index contributed by atoms with van der Waals surface area (Å²) < 4.78 is 5.80. The fourth-order valence-electron chi connectivity index (χ4n) is 3.73. The second-order valence-corrected chi connectivity index (χ2v) is 8.04. The fraction of sp³-hybridized carbons (Fsp3) is 0.320. The highest BCUT2D eigenvalue weighted by atomic mass is 16.5. The molecule has 1 amide bonds. The number of ether oxygens (including phenoxy) is 1. The molecule has 1 aliphatic rings. The number of amides is 1. The van der Waals surface area contributed by atoms with Gasteiger partial charge in [0.25, 0.3) is 5.91 Å². The van der Waals surface area contributed by atoms with Crippen molar-refractivity contribution in [2.45, 2.75) is 25.5 Å². The summed E-state index contributed by atoms with van der Waals surface area (Å²) in [5.74, 6) is 0.536. The van der Waals surface area contributed by atoms with Gasteiger partial charge in [-0.3, -0.25) is 4.79 Å². The minimum Gasteiger partial charge on any atom is -0.378 e. The maximum atomic E-state index is 13.3. The summed E-state index contributed by atoms with van der Waals surface area (Å²) in [6.07, 6.45) is 5.34. The van der Waals surface area contributed by atoms with E-state index in [4.69, 9.17) is 4.74 Å². The van der Waals surface area contributed by atoms with E-state index in [1.54, 1.807) is 12.4 Å². The smallest absolute Gasteiger partial charge is 0.257 e. The van der Waals surface area contributed by atoms with E-state index >= 15 is 0 Å². The van der Waals surface area contributed by atoms with Gasteiger partial charge in [0.15, 0.2) is 5.82 Å². The average Bonchev–Trinajstić information content (AvgIpc) is 3.32. The molecule has 1 aliphatic heterocycles. The molecule has 6 heteroatoms. The van der Waals surface area contributed by atoms with Gasteiger partial charge in [0, 0.05) is 57.4 Å². The van der Waals surface area contributed by atoms with Crippen molar-refractivity contribution in [2.75, 3.05) is 32.1 Å². The molecule has 31 heavy (non-hydrogen) atoms. The zero-order valence-electron chi connectivity index (χ0n) is 18.1. The quantitative estimate of drug-likeness (QED) is 0.582. The van der Waals surface area contributed by atoms with Crippen LogP contribution in [-0.2, 0) is 11.3 Å². The Morgan fingerprint density at radius 1 is 1.03 bits per heavy atom. The van der Waals surface area contributed by atoms with Gasteiger partial charge in [-0.05, 0) is 30.5 Å². The Kier molecular flexibility index (Phi) is 6.57. The molecule has 6 nitrogen and oxygen atoms in total. The Bertz CT molecular complexity index is 982. The van der Waals surface area contributed by atoms with Crippen LogP contribution in [0.5, 0.6) is 0 Å². The summed E-state index contributed by atoms with van der Waals surface area (Å²) in [5.41, 5.74) is 3.63. The zero-order chi connectivity index (χ0) is 21.6. The van der Waals surface area contributed by atoms with Crippen molar-refractivity contribution < 1.29 is 9.53 Å². The minimum absolute atomic E-state index is 0.0770. The highest BCUT2D eigenvalue weighted by molar-refractivity contribution is 5.93. The number of benzene rings is 2. The maximum Gasteiger partial charge on any atom is 0.257 e. The van der Waals surface area contributed by atoms with Gasteiger partial charge < -0.3 is 14.5 Å². The van der Waals surface area contributed by atoms with Crippen LogP contribution in [-0.4, -0.2) is 54.1 Å². The molecule has 2 heterocycles. The molecule has 0 radical (unpaired) electrons. The minimum atomic E-state index is -0.0770. The van der Waals surface area contributed by atoms with Crippen molar-refractivity contribution in [3.63, 3.8) is 0 Å². The second kappa shape index (κ2) is 9.71. The Morgan fingerprint density at radius 2 is 1.74 bits per heavy atom. The molecule has 3 aromatic rings. The van der Waals surface area contributed by atoms with Gasteiger partial charge in [-0.1, -0.05) is 42.5 Å². The second-order valence-electron chi connectivity index (χ2n) is 8.04. The summed E-state index contributed by atoms with van der Waals surface area (Å²) >= 11 is 0. The van der Waals surface area contributed by atoms with Crippen molar-refractivity contribution in [3.05, 3.63) is 78.1 Å². The molecule has 1 aromatic heterocycles. The molecule has 1 fully saturated rings. The van der Waals surface area contributed by atoms with Gasteiger partial charge in [0.2, 0.25) is 0 Å². The zero-order valence-corrected chi connectivity index (χ0v) is 18.1. The van der Waals surface area contributed by atoms with E-state index in [0.29, 0.717) is 24.5 Å². The third-order valence-corrected chi connectivity index (χ3v) is 5.49. The number of hydrogen-bond donors (Lipinski definition) is 0. The topological polar surface area (TPSA) is 58.6 Å². The van der Waals surface area contributed by atoms with Crippen molar-refractivity contribution >= 4 is 11.6 Å². The van der Waals surface area contributed by atoms with Gasteiger partial charge in [-0.25, -0.2) is 9.97 Å². The molecule has 0 N–H and O–H groups in total. The lowest BCUT2D eigenvalue weighted by Crippen LogP contribution is -2.37. The van der Waals surface area contributed by atoms with E-state index < -0.39 is 0 Å². The first kappa shape index (κ1) is 21.0. The van der Waals surface area contributed by atoms with Crippen LogP contribution >= 0.6 is 0 Å². The van der Waals surface area contributed by atoms with Gasteiger partial charge in [-0.15, -0.1) is 0 Å². The van der Waals surface area contributed by atoms with Crippen LogP contribution in [0.2, 0.25) is 0 Å².